The van der Waals surface area contributed by atoms with Crippen LogP contribution in [0.3, 0.4) is 0 Å². The highest BCUT2D eigenvalue weighted by atomic mass is 32.2. The summed E-state index contributed by atoms with van der Waals surface area (Å²) in [5.41, 5.74) is 0.336. The fourth-order valence-corrected chi connectivity index (χ4v) is 3.37. The molecular formula is C17H17N3O6S. The molecule has 1 atom stereocenters. The summed E-state index contributed by atoms with van der Waals surface area (Å²) in [4.78, 5) is 33.5. The molecule has 0 fully saturated rings. The number of benzene rings is 2. The van der Waals surface area contributed by atoms with Gasteiger partial charge in [0.1, 0.15) is 0 Å². The van der Waals surface area contributed by atoms with Gasteiger partial charge in [0.25, 0.3) is 5.69 Å². The topological polar surface area (TPSA) is 135 Å². The molecule has 0 unspecified atom stereocenters. The number of anilines is 1. The standard InChI is InChI=1S/C17H17N3O6S/c1-11(17(22)18-14-4-3-5-15(10-14)20(23)24)19-27(25,26)16-8-6-13(7-9-16)12(2)21/h3-11,19H,1-2H3,(H,18,22)/t11-/m0/s1. The predicted octanol–water partition coefficient (Wildman–Crippen LogP) is 2.10. The molecule has 142 valence electrons. The van der Waals surface area contributed by atoms with Crippen LogP contribution in [-0.4, -0.2) is 31.1 Å². The van der Waals surface area contributed by atoms with Crippen LogP contribution in [0.15, 0.2) is 53.4 Å². The maximum atomic E-state index is 12.4. The molecule has 27 heavy (non-hydrogen) atoms. The van der Waals surface area contributed by atoms with Gasteiger partial charge < -0.3 is 5.32 Å². The number of hydrogen-bond acceptors (Lipinski definition) is 6. The summed E-state index contributed by atoms with van der Waals surface area (Å²) >= 11 is 0. The van der Waals surface area contributed by atoms with Crippen LogP contribution >= 0.6 is 0 Å². The number of nitro benzene ring substituents is 1. The molecule has 0 saturated carbocycles. The van der Waals surface area contributed by atoms with Gasteiger partial charge in [-0.25, -0.2) is 8.42 Å². The molecule has 0 spiro atoms. The van der Waals surface area contributed by atoms with Crippen LogP contribution in [0.25, 0.3) is 0 Å². The van der Waals surface area contributed by atoms with Gasteiger partial charge >= 0.3 is 0 Å². The first kappa shape index (κ1) is 20.2. The quantitative estimate of drug-likeness (QED) is 0.421. The number of Topliss-reactive ketones (excluding diaryl/α,β-unsaturated/α-hetero) is 1. The fourth-order valence-electron chi connectivity index (χ4n) is 2.17. The van der Waals surface area contributed by atoms with E-state index in [1.165, 1.54) is 62.4 Å². The fraction of sp³-hybridized carbons (Fsp3) is 0.176. The van der Waals surface area contributed by atoms with Gasteiger partial charge in [0.15, 0.2) is 5.78 Å². The number of non-ortho nitro benzene ring substituents is 1. The number of hydrogen-bond donors (Lipinski definition) is 2. The van der Waals surface area contributed by atoms with Gasteiger partial charge in [-0.3, -0.25) is 19.7 Å². The smallest absolute Gasteiger partial charge is 0.271 e. The lowest BCUT2D eigenvalue weighted by molar-refractivity contribution is -0.384. The zero-order valence-electron chi connectivity index (χ0n) is 14.5. The molecule has 0 aliphatic rings. The molecule has 0 aliphatic heterocycles. The molecule has 0 bridgehead atoms. The maximum Gasteiger partial charge on any atom is 0.271 e. The molecule has 10 heteroatoms. The Kier molecular flexibility index (Phi) is 6.03. The van der Waals surface area contributed by atoms with E-state index in [0.29, 0.717) is 5.56 Å². The Balaban J connectivity index is 2.09. The maximum absolute atomic E-state index is 12.4. The number of sulfonamides is 1. The number of nitrogens with zero attached hydrogens (tertiary/aromatic N) is 1. The third-order valence-corrected chi connectivity index (χ3v) is 5.18. The average Bonchev–Trinajstić information content (AvgIpc) is 2.61. The van der Waals surface area contributed by atoms with Crippen LogP contribution in [0.4, 0.5) is 11.4 Å². The van der Waals surface area contributed by atoms with Gasteiger partial charge in [-0.2, -0.15) is 4.72 Å². The number of ketones is 1. The van der Waals surface area contributed by atoms with Crippen molar-refractivity contribution in [2.45, 2.75) is 24.8 Å². The Morgan fingerprint density at radius 2 is 1.74 bits per heavy atom. The Labute approximate surface area is 155 Å². The highest BCUT2D eigenvalue weighted by molar-refractivity contribution is 7.89. The Bertz CT molecular complexity index is 986. The molecule has 0 aromatic heterocycles. The minimum Gasteiger partial charge on any atom is -0.324 e. The highest BCUT2D eigenvalue weighted by Gasteiger charge is 2.22. The van der Waals surface area contributed by atoms with Crippen molar-refractivity contribution in [3.8, 4) is 0 Å². The lowest BCUT2D eigenvalue weighted by Gasteiger charge is -2.14. The zero-order valence-corrected chi connectivity index (χ0v) is 15.3. The molecule has 2 aromatic carbocycles. The molecule has 9 nitrogen and oxygen atoms in total. The van der Waals surface area contributed by atoms with Gasteiger partial charge in [-0.1, -0.05) is 18.2 Å². The summed E-state index contributed by atoms with van der Waals surface area (Å²) in [5.74, 6) is -0.879. The molecule has 0 radical (unpaired) electrons. The van der Waals surface area contributed by atoms with Gasteiger partial charge in [0.2, 0.25) is 15.9 Å². The Hall–Kier alpha value is -3.11. The molecule has 2 rings (SSSR count). The highest BCUT2D eigenvalue weighted by Crippen LogP contribution is 2.17. The largest absolute Gasteiger partial charge is 0.324 e. The van der Waals surface area contributed by atoms with E-state index in [1.807, 2.05) is 0 Å². The van der Waals surface area contributed by atoms with Crippen LogP contribution in [0.1, 0.15) is 24.2 Å². The van der Waals surface area contributed by atoms with Crippen molar-refractivity contribution in [3.63, 3.8) is 0 Å². The van der Waals surface area contributed by atoms with Crippen molar-refractivity contribution in [3.05, 3.63) is 64.2 Å². The summed E-state index contributed by atoms with van der Waals surface area (Å²) in [6, 6.07) is 9.45. The normalized spacial score (nSPS) is 12.2. The van der Waals surface area contributed by atoms with E-state index in [-0.39, 0.29) is 22.1 Å². The van der Waals surface area contributed by atoms with E-state index in [0.717, 1.165) is 0 Å². The van der Waals surface area contributed by atoms with Crippen LogP contribution in [-0.2, 0) is 14.8 Å². The summed E-state index contributed by atoms with van der Waals surface area (Å²) in [6.45, 7) is 2.70. The second kappa shape index (κ2) is 8.06. The first-order valence-corrected chi connectivity index (χ1v) is 9.27. The lowest BCUT2D eigenvalue weighted by atomic mass is 10.2. The summed E-state index contributed by atoms with van der Waals surface area (Å²) < 4.78 is 26.9. The van der Waals surface area contributed by atoms with Gasteiger partial charge in [-0.15, -0.1) is 0 Å². The van der Waals surface area contributed by atoms with Crippen molar-refractivity contribution < 1.29 is 22.9 Å². The predicted molar refractivity (Wildman–Crippen MR) is 98.0 cm³/mol. The third kappa shape index (κ3) is 5.19. The van der Waals surface area contributed by atoms with Crippen LogP contribution < -0.4 is 10.0 Å². The van der Waals surface area contributed by atoms with Crippen molar-refractivity contribution in [1.29, 1.82) is 0 Å². The second-order valence-electron chi connectivity index (χ2n) is 5.72. The zero-order chi connectivity index (χ0) is 20.2. The number of nitrogens with one attached hydrogen (secondary N) is 2. The van der Waals surface area contributed by atoms with E-state index in [1.54, 1.807) is 0 Å². The van der Waals surface area contributed by atoms with Gasteiger partial charge in [-0.05, 0) is 32.0 Å². The number of nitro groups is 1. The first-order chi connectivity index (χ1) is 12.6. The monoisotopic (exact) mass is 391 g/mol. The minimum absolute atomic E-state index is 0.0949. The molecule has 1 amide bonds. The Morgan fingerprint density at radius 3 is 2.30 bits per heavy atom. The van der Waals surface area contributed by atoms with Gasteiger partial charge in [0.05, 0.1) is 15.9 Å². The van der Waals surface area contributed by atoms with Crippen LogP contribution in [0.5, 0.6) is 0 Å². The van der Waals surface area contributed by atoms with Crippen molar-refractivity contribution in [1.82, 2.24) is 4.72 Å². The summed E-state index contributed by atoms with van der Waals surface area (Å²) in [6.07, 6.45) is 0. The number of carbonyl (C=O) groups excluding carboxylic acids is 2. The van der Waals surface area contributed by atoms with E-state index in [9.17, 15) is 28.1 Å². The third-order valence-electron chi connectivity index (χ3n) is 3.62. The van der Waals surface area contributed by atoms with Crippen molar-refractivity contribution in [2.75, 3.05) is 5.32 Å². The molecule has 0 aliphatic carbocycles. The molecule has 0 heterocycles. The SMILES string of the molecule is CC(=O)c1ccc(S(=O)(=O)N[C@@H](C)C(=O)Nc2cccc([N+](=O)[O-])c2)cc1. The van der Waals surface area contributed by atoms with E-state index in [2.05, 4.69) is 10.0 Å². The first-order valence-electron chi connectivity index (χ1n) is 7.79. The van der Waals surface area contributed by atoms with Crippen molar-refractivity contribution in [2.24, 2.45) is 0 Å². The van der Waals surface area contributed by atoms with Gasteiger partial charge in [0, 0.05) is 23.4 Å². The van der Waals surface area contributed by atoms with E-state index >= 15 is 0 Å². The molecule has 2 N–H and O–H groups in total. The summed E-state index contributed by atoms with van der Waals surface area (Å²) in [7, 11) is -3.99. The molecule has 2 aromatic rings. The second-order valence-corrected chi connectivity index (χ2v) is 7.43. The summed E-state index contributed by atoms with van der Waals surface area (Å²) in [5, 5.41) is 13.2. The number of rotatable bonds is 7. The Morgan fingerprint density at radius 1 is 1.11 bits per heavy atom. The van der Waals surface area contributed by atoms with Crippen molar-refractivity contribution >= 4 is 33.1 Å². The van der Waals surface area contributed by atoms with E-state index in [4.69, 9.17) is 0 Å². The van der Waals surface area contributed by atoms with Crippen LogP contribution in [0.2, 0.25) is 0 Å². The van der Waals surface area contributed by atoms with E-state index < -0.39 is 26.9 Å². The molecule has 0 saturated heterocycles. The average molecular weight is 391 g/mol. The minimum atomic E-state index is -3.99. The number of amides is 1. The lowest BCUT2D eigenvalue weighted by Crippen LogP contribution is -2.41. The number of carbonyl (C=O) groups is 2. The van der Waals surface area contributed by atoms with Crippen LogP contribution in [0, 0.1) is 10.1 Å². The molecular weight excluding hydrogens is 374 g/mol.